The zero-order valence-electron chi connectivity index (χ0n) is 18.4. The van der Waals surface area contributed by atoms with E-state index in [0.29, 0.717) is 33.4 Å². The van der Waals surface area contributed by atoms with Crippen LogP contribution in [0.15, 0.2) is 53.3 Å². The summed E-state index contributed by atoms with van der Waals surface area (Å²) in [6.45, 7) is 3.23. The number of hydrogen-bond donors (Lipinski definition) is 0. The maximum atomic E-state index is 12.9. The fraction of sp³-hybridized carbons (Fsp3) is 0.320. The van der Waals surface area contributed by atoms with Gasteiger partial charge in [0, 0.05) is 0 Å². The van der Waals surface area contributed by atoms with Gasteiger partial charge in [-0.25, -0.2) is 0 Å². The summed E-state index contributed by atoms with van der Waals surface area (Å²) in [5.41, 5.74) is 0.734. The molecule has 0 saturated heterocycles. The van der Waals surface area contributed by atoms with E-state index in [1.165, 1.54) is 35.1 Å². The predicted molar refractivity (Wildman–Crippen MR) is 127 cm³/mol. The Labute approximate surface area is 195 Å². The average molecular weight is 464 g/mol. The van der Waals surface area contributed by atoms with Crippen molar-refractivity contribution in [1.29, 1.82) is 0 Å². The molecule has 3 heterocycles. The van der Waals surface area contributed by atoms with Crippen molar-refractivity contribution < 1.29 is 14.2 Å². The number of hydrogen-bond acceptors (Lipinski definition) is 7. The number of nitrogens with zero attached hydrogens (tertiary/aromatic N) is 3. The smallest absolute Gasteiger partial charge is 0.291 e. The van der Waals surface area contributed by atoms with Gasteiger partial charge < -0.3 is 14.2 Å². The third-order valence-electron chi connectivity index (χ3n) is 5.44. The molecular weight excluding hydrogens is 438 g/mol. The highest BCUT2D eigenvalue weighted by Gasteiger charge is 2.27. The highest BCUT2D eigenvalue weighted by molar-refractivity contribution is 7.15. The normalized spacial score (nSPS) is 15.8. The molecule has 0 amide bonds. The highest BCUT2D eigenvalue weighted by atomic mass is 32.1. The Bertz CT molecular complexity index is 1350. The van der Waals surface area contributed by atoms with Crippen molar-refractivity contribution in [3.8, 4) is 17.2 Å². The molecule has 1 aliphatic heterocycles. The van der Waals surface area contributed by atoms with Crippen molar-refractivity contribution >= 4 is 22.4 Å². The first-order valence-corrected chi connectivity index (χ1v) is 12.1. The lowest BCUT2D eigenvalue weighted by Gasteiger charge is -2.24. The third-order valence-corrected chi connectivity index (χ3v) is 6.40. The van der Waals surface area contributed by atoms with E-state index >= 15 is 0 Å². The second-order valence-electron chi connectivity index (χ2n) is 7.92. The third kappa shape index (κ3) is 4.71. The lowest BCUT2D eigenvalue weighted by molar-refractivity contribution is 0.0852. The first-order valence-electron chi connectivity index (χ1n) is 11.2. The van der Waals surface area contributed by atoms with Crippen LogP contribution in [-0.2, 0) is 0 Å². The molecule has 0 aliphatic carbocycles. The second-order valence-corrected chi connectivity index (χ2v) is 8.93. The van der Waals surface area contributed by atoms with E-state index in [4.69, 9.17) is 14.2 Å². The summed E-state index contributed by atoms with van der Waals surface area (Å²) in [7, 11) is 0. The summed E-state index contributed by atoms with van der Waals surface area (Å²) in [6, 6.07) is 15.2. The number of aromatic nitrogens is 3. The number of ether oxygens (including phenoxy) is 3. The molecule has 7 nitrogen and oxygen atoms in total. The Morgan fingerprint density at radius 2 is 1.94 bits per heavy atom. The van der Waals surface area contributed by atoms with Gasteiger partial charge in [0.15, 0.2) is 23.4 Å². The van der Waals surface area contributed by atoms with Gasteiger partial charge >= 0.3 is 0 Å². The molecule has 1 aliphatic rings. The van der Waals surface area contributed by atoms with Crippen molar-refractivity contribution in [3.63, 3.8) is 0 Å². The molecule has 0 N–H and O–H groups in total. The molecule has 0 fully saturated rings. The second kappa shape index (κ2) is 9.62. The molecule has 5 rings (SSSR count). The van der Waals surface area contributed by atoms with Crippen molar-refractivity contribution in [2.75, 3.05) is 13.2 Å². The molecule has 0 spiro atoms. The van der Waals surface area contributed by atoms with Crippen LogP contribution in [-0.4, -0.2) is 27.8 Å². The molecule has 0 radical (unpaired) electrons. The summed E-state index contributed by atoms with van der Waals surface area (Å²) < 4.78 is 19.4. The number of rotatable bonds is 8. The van der Waals surface area contributed by atoms with Crippen LogP contribution in [0.4, 0.5) is 0 Å². The number of unbranched alkanes of at least 4 members (excludes halogenated alkanes) is 3. The largest absolute Gasteiger partial charge is 0.494 e. The van der Waals surface area contributed by atoms with Gasteiger partial charge in [-0.15, -0.1) is 5.10 Å². The van der Waals surface area contributed by atoms with Crippen molar-refractivity contribution in [1.82, 2.24) is 14.6 Å². The molecule has 33 heavy (non-hydrogen) atoms. The van der Waals surface area contributed by atoms with Gasteiger partial charge in [0.05, 0.1) is 11.1 Å². The zero-order chi connectivity index (χ0) is 22.6. The first-order chi connectivity index (χ1) is 16.2. The van der Waals surface area contributed by atoms with Crippen molar-refractivity contribution in [2.24, 2.45) is 0 Å². The molecule has 2 aromatic carbocycles. The molecule has 2 aromatic heterocycles. The van der Waals surface area contributed by atoms with Crippen LogP contribution in [0.2, 0.25) is 0 Å². The van der Waals surface area contributed by atoms with Gasteiger partial charge in [-0.1, -0.05) is 61.8 Å². The predicted octanol–water partition coefficient (Wildman–Crippen LogP) is 4.17. The lowest BCUT2D eigenvalue weighted by Crippen LogP contribution is -2.26. The van der Waals surface area contributed by atoms with Crippen molar-refractivity contribution in [3.05, 3.63) is 74.8 Å². The topological polar surface area (TPSA) is 74.9 Å². The van der Waals surface area contributed by atoms with Gasteiger partial charge in [0.2, 0.25) is 4.96 Å². The van der Waals surface area contributed by atoms with E-state index in [-0.39, 0.29) is 5.56 Å². The van der Waals surface area contributed by atoms with E-state index < -0.39 is 6.10 Å². The van der Waals surface area contributed by atoms with Crippen LogP contribution in [0.5, 0.6) is 17.2 Å². The van der Waals surface area contributed by atoms with Crippen molar-refractivity contribution in [2.45, 2.75) is 38.7 Å². The summed E-state index contributed by atoms with van der Waals surface area (Å²) in [6.07, 6.45) is 6.12. The lowest BCUT2D eigenvalue weighted by atomic mass is 10.2. The number of thiazole rings is 1. The molecule has 1 atom stereocenters. The Morgan fingerprint density at radius 1 is 1.12 bits per heavy atom. The molecule has 8 heteroatoms. The Balaban J connectivity index is 1.29. The monoisotopic (exact) mass is 463 g/mol. The van der Waals surface area contributed by atoms with E-state index in [1.54, 1.807) is 0 Å². The van der Waals surface area contributed by atoms with Crippen LogP contribution in [0.25, 0.3) is 11.0 Å². The minimum Gasteiger partial charge on any atom is -0.494 e. The summed E-state index contributed by atoms with van der Waals surface area (Å²) in [5.74, 6) is 2.63. The fourth-order valence-electron chi connectivity index (χ4n) is 3.66. The first kappa shape index (κ1) is 21.5. The highest BCUT2D eigenvalue weighted by Crippen LogP contribution is 2.35. The van der Waals surface area contributed by atoms with Gasteiger partial charge in [-0.2, -0.15) is 9.50 Å². The van der Waals surface area contributed by atoms with Crippen LogP contribution in [0.3, 0.4) is 0 Å². The van der Waals surface area contributed by atoms with Crippen LogP contribution >= 0.6 is 11.3 Å². The summed E-state index contributed by atoms with van der Waals surface area (Å²) in [4.78, 5) is 17.9. The Morgan fingerprint density at radius 3 is 2.73 bits per heavy atom. The Kier molecular flexibility index (Phi) is 6.26. The van der Waals surface area contributed by atoms with Gasteiger partial charge in [0.1, 0.15) is 12.4 Å². The molecule has 170 valence electrons. The molecule has 0 bridgehead atoms. The zero-order valence-corrected chi connectivity index (χ0v) is 19.2. The minimum atomic E-state index is -0.451. The van der Waals surface area contributed by atoms with E-state index in [0.717, 1.165) is 24.3 Å². The molecule has 0 unspecified atom stereocenters. The van der Waals surface area contributed by atoms with Gasteiger partial charge in [-0.05, 0) is 42.3 Å². The molecule has 4 aromatic rings. The van der Waals surface area contributed by atoms with Gasteiger partial charge in [-0.3, -0.25) is 4.79 Å². The molecule has 0 saturated carbocycles. The molecular formula is C25H25N3O4S. The van der Waals surface area contributed by atoms with Crippen LogP contribution in [0, 0.1) is 0 Å². The maximum Gasteiger partial charge on any atom is 0.291 e. The van der Waals surface area contributed by atoms with E-state index in [9.17, 15) is 4.79 Å². The average Bonchev–Trinajstić information content (AvgIpc) is 3.39. The summed E-state index contributed by atoms with van der Waals surface area (Å²) >= 11 is 1.31. The van der Waals surface area contributed by atoms with Crippen LogP contribution in [0.1, 0.15) is 50.1 Å². The minimum absolute atomic E-state index is 0.192. The fourth-order valence-corrected chi connectivity index (χ4v) is 4.58. The van der Waals surface area contributed by atoms with E-state index in [1.807, 2.05) is 54.6 Å². The quantitative estimate of drug-likeness (QED) is 0.365. The maximum absolute atomic E-state index is 12.9. The van der Waals surface area contributed by atoms with E-state index in [2.05, 4.69) is 17.0 Å². The van der Waals surface area contributed by atoms with Crippen LogP contribution < -0.4 is 24.3 Å². The Hall–Kier alpha value is -3.39. The standard InChI is InChI=1S/C25H25N3O4S/c1-2-3-4-7-14-30-18-12-10-17(11-13-18)15-22-24(29)28-25(33-22)26-23(27-28)21-16-31-19-8-5-6-9-20(19)32-21/h5-6,8-13,15,21H,2-4,7,14,16H2,1H3/b22-15-/t21-/m0/s1. The summed E-state index contributed by atoms with van der Waals surface area (Å²) in [5, 5.41) is 4.40. The SMILES string of the molecule is CCCCCCOc1ccc(/C=c2\sc3nc([C@@H]4COc5ccccc5O4)nn3c2=O)cc1. The number of para-hydroxylation sites is 2. The number of fused-ring (bicyclic) bond motifs is 2. The number of benzene rings is 2. The van der Waals surface area contributed by atoms with Gasteiger partial charge in [0.25, 0.3) is 5.56 Å².